The van der Waals surface area contributed by atoms with Crippen LogP contribution in [0.1, 0.15) is 67.1 Å². The van der Waals surface area contributed by atoms with Gasteiger partial charge in [-0.1, -0.05) is 43.2 Å². The predicted octanol–water partition coefficient (Wildman–Crippen LogP) is 4.86. The highest BCUT2D eigenvalue weighted by Gasteiger charge is 2.30. The van der Waals surface area contributed by atoms with Crippen molar-refractivity contribution >= 4 is 11.8 Å². The van der Waals surface area contributed by atoms with E-state index in [0.717, 1.165) is 62.2 Å². The largest absolute Gasteiger partial charge is 0.356 e. The van der Waals surface area contributed by atoms with Gasteiger partial charge in [-0.2, -0.15) is 10.1 Å². The van der Waals surface area contributed by atoms with Crippen molar-refractivity contribution in [3.8, 4) is 0 Å². The molecular weight excluding hydrogens is 422 g/mol. The number of piperidine rings is 1. The number of hydrogen-bond donors (Lipinski definition) is 2. The first-order chi connectivity index (χ1) is 16.7. The molecule has 1 atom stereocenters. The maximum absolute atomic E-state index is 4.88. The molecule has 34 heavy (non-hydrogen) atoms. The molecule has 2 saturated heterocycles. The number of hydrogen-bond acceptors (Lipinski definition) is 6. The predicted molar refractivity (Wildman–Crippen MR) is 137 cm³/mol. The van der Waals surface area contributed by atoms with E-state index in [1.165, 1.54) is 36.8 Å². The molecule has 180 valence electrons. The number of H-pyrrole nitrogens is 1. The lowest BCUT2D eigenvalue weighted by Crippen LogP contribution is -2.42. The molecule has 4 heterocycles. The molecule has 0 bridgehead atoms. The van der Waals surface area contributed by atoms with Crippen molar-refractivity contribution in [1.82, 2.24) is 25.1 Å². The van der Waals surface area contributed by atoms with E-state index in [4.69, 9.17) is 4.98 Å². The first-order valence-corrected chi connectivity index (χ1v) is 12.8. The van der Waals surface area contributed by atoms with Gasteiger partial charge in [-0.25, -0.2) is 4.98 Å². The third-order valence-corrected chi connectivity index (χ3v) is 7.37. The lowest BCUT2D eigenvalue weighted by Gasteiger charge is -2.38. The van der Waals surface area contributed by atoms with Crippen molar-refractivity contribution < 1.29 is 0 Å². The van der Waals surface area contributed by atoms with Crippen LogP contribution >= 0.6 is 0 Å². The number of rotatable bonds is 6. The summed E-state index contributed by atoms with van der Waals surface area (Å²) < 4.78 is 0. The standard InChI is InChI=1S/C27H37N7/c1-20-25(21(2)32-31-20)26(22-10-6-5-7-11-22)34-18-13-23(14-19-34)29-27-28-15-12-24(30-27)33-16-8-3-4-9-17-33/h5-7,10-12,15,23,26H,3-4,8-9,13-14,16-19H2,1-2H3,(H,31,32)(H,28,29,30). The van der Waals surface area contributed by atoms with Crippen molar-refractivity contribution in [3.05, 3.63) is 65.1 Å². The lowest BCUT2D eigenvalue weighted by molar-refractivity contribution is 0.178. The molecule has 2 aliphatic rings. The first kappa shape index (κ1) is 22.8. The Morgan fingerprint density at radius 3 is 2.35 bits per heavy atom. The van der Waals surface area contributed by atoms with E-state index >= 15 is 0 Å². The van der Waals surface area contributed by atoms with Crippen molar-refractivity contribution in [2.75, 3.05) is 36.4 Å². The van der Waals surface area contributed by atoms with Crippen LogP contribution in [0.5, 0.6) is 0 Å². The summed E-state index contributed by atoms with van der Waals surface area (Å²) in [6.07, 6.45) is 9.20. The van der Waals surface area contributed by atoms with Gasteiger partial charge in [-0.15, -0.1) is 0 Å². The Labute approximate surface area is 203 Å². The smallest absolute Gasteiger partial charge is 0.224 e. The summed E-state index contributed by atoms with van der Waals surface area (Å²) >= 11 is 0. The first-order valence-electron chi connectivity index (χ1n) is 12.8. The summed E-state index contributed by atoms with van der Waals surface area (Å²) in [6, 6.07) is 13.5. The van der Waals surface area contributed by atoms with E-state index in [-0.39, 0.29) is 6.04 Å². The molecule has 0 aliphatic carbocycles. The zero-order valence-corrected chi connectivity index (χ0v) is 20.5. The molecule has 7 nitrogen and oxygen atoms in total. The number of likely N-dealkylation sites (tertiary alicyclic amines) is 1. The van der Waals surface area contributed by atoms with Crippen LogP contribution in [0.25, 0.3) is 0 Å². The average molecular weight is 460 g/mol. The van der Waals surface area contributed by atoms with Gasteiger partial charge in [-0.05, 0) is 51.2 Å². The molecule has 1 aromatic carbocycles. The van der Waals surface area contributed by atoms with Crippen LogP contribution in [-0.4, -0.2) is 57.3 Å². The number of aromatic nitrogens is 4. The number of aromatic amines is 1. The van der Waals surface area contributed by atoms with Gasteiger partial charge < -0.3 is 10.2 Å². The average Bonchev–Trinajstić information content (AvgIpc) is 3.06. The normalized spacial score (nSPS) is 19.1. The van der Waals surface area contributed by atoms with Crippen LogP contribution < -0.4 is 10.2 Å². The van der Waals surface area contributed by atoms with Crippen molar-refractivity contribution in [3.63, 3.8) is 0 Å². The van der Waals surface area contributed by atoms with E-state index in [2.05, 4.69) is 80.5 Å². The highest BCUT2D eigenvalue weighted by atomic mass is 15.2. The molecule has 0 amide bonds. The van der Waals surface area contributed by atoms with Crippen LogP contribution in [-0.2, 0) is 0 Å². The zero-order chi connectivity index (χ0) is 23.3. The molecule has 7 heteroatoms. The molecule has 2 fully saturated rings. The van der Waals surface area contributed by atoms with Gasteiger partial charge in [0.1, 0.15) is 5.82 Å². The molecule has 2 N–H and O–H groups in total. The minimum Gasteiger partial charge on any atom is -0.356 e. The lowest BCUT2D eigenvalue weighted by atomic mass is 9.92. The van der Waals surface area contributed by atoms with Crippen LogP contribution in [0.15, 0.2) is 42.6 Å². The molecule has 0 radical (unpaired) electrons. The summed E-state index contributed by atoms with van der Waals surface area (Å²) in [4.78, 5) is 14.4. The van der Waals surface area contributed by atoms with Gasteiger partial charge in [0.05, 0.1) is 11.7 Å². The second-order valence-electron chi connectivity index (χ2n) is 9.76. The summed E-state index contributed by atoms with van der Waals surface area (Å²) in [5.74, 6) is 1.83. The molecule has 2 aliphatic heterocycles. The Kier molecular flexibility index (Phi) is 7.09. The monoisotopic (exact) mass is 459 g/mol. The van der Waals surface area contributed by atoms with Crippen LogP contribution in [0.3, 0.4) is 0 Å². The van der Waals surface area contributed by atoms with Crippen LogP contribution in [0.4, 0.5) is 11.8 Å². The minimum absolute atomic E-state index is 0.225. The van der Waals surface area contributed by atoms with Gasteiger partial charge in [0.15, 0.2) is 0 Å². The number of nitrogens with zero attached hydrogens (tertiary/aromatic N) is 5. The summed E-state index contributed by atoms with van der Waals surface area (Å²) in [7, 11) is 0. The zero-order valence-electron chi connectivity index (χ0n) is 20.5. The van der Waals surface area contributed by atoms with E-state index in [9.17, 15) is 0 Å². The third kappa shape index (κ3) is 5.09. The quantitative estimate of drug-likeness (QED) is 0.548. The van der Waals surface area contributed by atoms with Crippen molar-refractivity contribution in [1.29, 1.82) is 0 Å². The number of benzene rings is 1. The van der Waals surface area contributed by atoms with Gasteiger partial charge >= 0.3 is 0 Å². The van der Waals surface area contributed by atoms with Crippen molar-refractivity contribution in [2.24, 2.45) is 0 Å². The summed E-state index contributed by atoms with van der Waals surface area (Å²) in [5, 5.41) is 11.3. The molecule has 0 saturated carbocycles. The SMILES string of the molecule is Cc1n[nH]c(C)c1C(c1ccccc1)N1CCC(Nc2nccc(N3CCCCCC3)n2)CC1. The molecule has 3 aromatic rings. The van der Waals surface area contributed by atoms with E-state index in [1.807, 2.05) is 6.20 Å². The Morgan fingerprint density at radius 1 is 0.941 bits per heavy atom. The maximum atomic E-state index is 4.88. The molecule has 5 rings (SSSR count). The number of aryl methyl sites for hydroxylation is 2. The Balaban J connectivity index is 1.26. The topological polar surface area (TPSA) is 73.0 Å². The second-order valence-corrected chi connectivity index (χ2v) is 9.76. The fourth-order valence-electron chi connectivity index (χ4n) is 5.54. The maximum Gasteiger partial charge on any atom is 0.224 e. The third-order valence-electron chi connectivity index (χ3n) is 7.37. The van der Waals surface area contributed by atoms with E-state index in [1.54, 1.807) is 0 Å². The molecule has 2 aromatic heterocycles. The fraction of sp³-hybridized carbons (Fsp3) is 0.519. The number of anilines is 2. The second kappa shape index (κ2) is 10.6. The van der Waals surface area contributed by atoms with Crippen molar-refractivity contribution in [2.45, 2.75) is 64.5 Å². The van der Waals surface area contributed by atoms with Crippen LogP contribution in [0, 0.1) is 13.8 Å². The molecule has 0 spiro atoms. The van der Waals surface area contributed by atoms with Gasteiger partial charge in [0, 0.05) is 49.7 Å². The number of nitrogens with one attached hydrogen (secondary N) is 2. The Hall–Kier alpha value is -2.93. The Morgan fingerprint density at radius 2 is 1.68 bits per heavy atom. The highest BCUT2D eigenvalue weighted by molar-refractivity contribution is 5.43. The summed E-state index contributed by atoms with van der Waals surface area (Å²) in [6.45, 7) is 8.48. The molecular formula is C27H37N7. The van der Waals surface area contributed by atoms with E-state index in [0.29, 0.717) is 6.04 Å². The van der Waals surface area contributed by atoms with Gasteiger partial charge in [0.2, 0.25) is 5.95 Å². The van der Waals surface area contributed by atoms with Gasteiger partial charge in [-0.3, -0.25) is 10.00 Å². The Bertz CT molecular complexity index is 1030. The highest BCUT2D eigenvalue weighted by Crippen LogP contribution is 2.34. The van der Waals surface area contributed by atoms with Crippen LogP contribution in [0.2, 0.25) is 0 Å². The van der Waals surface area contributed by atoms with Gasteiger partial charge in [0.25, 0.3) is 0 Å². The molecule has 1 unspecified atom stereocenters. The fourth-order valence-corrected chi connectivity index (χ4v) is 5.54. The summed E-state index contributed by atoms with van der Waals surface area (Å²) in [5.41, 5.74) is 4.89. The minimum atomic E-state index is 0.225. The van der Waals surface area contributed by atoms with E-state index < -0.39 is 0 Å².